The second-order valence-electron chi connectivity index (χ2n) is 5.28. The normalized spacial score (nSPS) is 10.9. The molecular weight excluding hydrogens is 400 g/mol. The summed E-state index contributed by atoms with van der Waals surface area (Å²) in [5, 5.41) is 7.70. The molecule has 3 nitrogen and oxygen atoms in total. The van der Waals surface area contributed by atoms with Crippen molar-refractivity contribution in [2.75, 3.05) is 5.32 Å². The fourth-order valence-corrected chi connectivity index (χ4v) is 3.25. The number of halogens is 4. The summed E-state index contributed by atoms with van der Waals surface area (Å²) in [6.07, 6.45) is 0. The maximum absolute atomic E-state index is 14.1. The van der Waals surface area contributed by atoms with E-state index in [2.05, 4.69) is 26.3 Å². The van der Waals surface area contributed by atoms with Crippen LogP contribution in [0, 0.1) is 18.6 Å². The molecule has 1 aromatic heterocycles. The number of anilines is 2. The molecule has 0 aliphatic carbocycles. The number of aromatic nitrogens is 2. The van der Waals surface area contributed by atoms with Gasteiger partial charge in [-0.2, -0.15) is 5.10 Å². The lowest BCUT2D eigenvalue weighted by Crippen LogP contribution is -2.02. The van der Waals surface area contributed by atoms with Gasteiger partial charge >= 0.3 is 0 Å². The van der Waals surface area contributed by atoms with Crippen molar-refractivity contribution in [1.29, 1.82) is 0 Å². The molecule has 0 saturated heterocycles. The summed E-state index contributed by atoms with van der Waals surface area (Å²) >= 11 is 9.53. The van der Waals surface area contributed by atoms with Crippen LogP contribution in [0.2, 0.25) is 5.02 Å². The number of nitrogens with one attached hydrogen (secondary N) is 1. The second kappa shape index (κ2) is 6.53. The molecular formula is C17H13BrClF2N3. The lowest BCUT2D eigenvalue weighted by atomic mass is 10.1. The van der Waals surface area contributed by atoms with Crippen LogP contribution < -0.4 is 5.32 Å². The Kier molecular flexibility index (Phi) is 4.60. The van der Waals surface area contributed by atoms with Crippen molar-refractivity contribution < 1.29 is 8.78 Å². The highest BCUT2D eigenvalue weighted by Crippen LogP contribution is 2.39. The molecule has 3 rings (SSSR count). The lowest BCUT2D eigenvalue weighted by Gasteiger charge is -2.13. The highest BCUT2D eigenvalue weighted by molar-refractivity contribution is 9.10. The number of rotatable bonds is 3. The van der Waals surface area contributed by atoms with Gasteiger partial charge in [-0.15, -0.1) is 0 Å². The van der Waals surface area contributed by atoms with Crippen molar-refractivity contribution in [2.24, 2.45) is 7.05 Å². The largest absolute Gasteiger partial charge is 0.337 e. The third-order valence-corrected chi connectivity index (χ3v) is 4.60. The van der Waals surface area contributed by atoms with Crippen molar-refractivity contribution in [1.82, 2.24) is 9.78 Å². The molecule has 124 valence electrons. The molecule has 7 heteroatoms. The Labute approximate surface area is 151 Å². The monoisotopic (exact) mass is 411 g/mol. The van der Waals surface area contributed by atoms with Gasteiger partial charge in [0.1, 0.15) is 17.5 Å². The molecule has 1 heterocycles. The number of hydrogen-bond acceptors (Lipinski definition) is 2. The fourth-order valence-electron chi connectivity index (χ4n) is 2.55. The molecule has 0 aliphatic rings. The first kappa shape index (κ1) is 16.9. The van der Waals surface area contributed by atoms with Crippen molar-refractivity contribution >= 4 is 39.0 Å². The standard InChI is InChI=1S/C17H13BrClF2N3/c1-9-15(11-7-6-10(20)8-13(11)19)17(24(2)23-9)22-16-12(18)4-3-5-14(16)21/h3-8,22H,1-2H3. The van der Waals surface area contributed by atoms with Crippen LogP contribution in [0.15, 0.2) is 40.9 Å². The van der Waals surface area contributed by atoms with Crippen LogP contribution in [0.4, 0.5) is 20.3 Å². The van der Waals surface area contributed by atoms with E-state index in [0.717, 1.165) is 0 Å². The number of hydrogen-bond donors (Lipinski definition) is 1. The van der Waals surface area contributed by atoms with Gasteiger partial charge in [0.15, 0.2) is 0 Å². The van der Waals surface area contributed by atoms with Crippen LogP contribution in [-0.2, 0) is 7.05 Å². The van der Waals surface area contributed by atoms with Crippen LogP contribution >= 0.6 is 27.5 Å². The SMILES string of the molecule is Cc1nn(C)c(Nc2c(F)cccc2Br)c1-c1ccc(F)cc1Cl. The number of para-hydroxylation sites is 1. The topological polar surface area (TPSA) is 29.9 Å². The maximum Gasteiger partial charge on any atom is 0.147 e. The smallest absolute Gasteiger partial charge is 0.147 e. The Morgan fingerprint density at radius 2 is 1.96 bits per heavy atom. The van der Waals surface area contributed by atoms with E-state index in [0.29, 0.717) is 32.8 Å². The summed E-state index contributed by atoms with van der Waals surface area (Å²) < 4.78 is 29.7. The molecule has 0 aliphatic heterocycles. The maximum atomic E-state index is 14.1. The molecule has 3 aromatic rings. The second-order valence-corrected chi connectivity index (χ2v) is 6.54. The van der Waals surface area contributed by atoms with Crippen molar-refractivity contribution in [2.45, 2.75) is 6.92 Å². The molecule has 0 unspecified atom stereocenters. The molecule has 0 amide bonds. The van der Waals surface area contributed by atoms with E-state index >= 15 is 0 Å². The van der Waals surface area contributed by atoms with Gasteiger partial charge in [0.2, 0.25) is 0 Å². The highest BCUT2D eigenvalue weighted by atomic mass is 79.9. The van der Waals surface area contributed by atoms with E-state index in [1.807, 2.05) is 6.92 Å². The summed E-state index contributed by atoms with van der Waals surface area (Å²) in [5.74, 6) is -0.261. The fraction of sp³-hybridized carbons (Fsp3) is 0.118. The molecule has 2 aromatic carbocycles. The van der Waals surface area contributed by atoms with Crippen molar-refractivity contribution in [3.63, 3.8) is 0 Å². The Morgan fingerprint density at radius 1 is 1.21 bits per heavy atom. The summed E-state index contributed by atoms with van der Waals surface area (Å²) in [6.45, 7) is 1.82. The Balaban J connectivity index is 2.16. The third kappa shape index (κ3) is 3.03. The Bertz CT molecular complexity index is 904. The van der Waals surface area contributed by atoms with E-state index in [4.69, 9.17) is 11.6 Å². The van der Waals surface area contributed by atoms with Gasteiger partial charge in [0, 0.05) is 22.6 Å². The first-order valence-electron chi connectivity index (χ1n) is 7.08. The zero-order valence-corrected chi connectivity index (χ0v) is 15.2. The summed E-state index contributed by atoms with van der Waals surface area (Å²) in [7, 11) is 1.74. The highest BCUT2D eigenvalue weighted by Gasteiger charge is 2.20. The van der Waals surface area contributed by atoms with E-state index in [1.54, 1.807) is 29.9 Å². The molecule has 1 N–H and O–H groups in total. The average molecular weight is 413 g/mol. The molecule has 24 heavy (non-hydrogen) atoms. The molecule has 0 radical (unpaired) electrons. The molecule has 0 fully saturated rings. The van der Waals surface area contributed by atoms with Gasteiger partial charge in [0.05, 0.1) is 16.4 Å². The van der Waals surface area contributed by atoms with Crippen LogP contribution in [0.1, 0.15) is 5.69 Å². The Hall–Kier alpha value is -1.92. The number of benzene rings is 2. The average Bonchev–Trinajstić information content (AvgIpc) is 2.77. The van der Waals surface area contributed by atoms with Gasteiger partial charge in [-0.05, 0) is 53.2 Å². The first-order valence-corrected chi connectivity index (χ1v) is 8.25. The summed E-state index contributed by atoms with van der Waals surface area (Å²) in [5.41, 5.74) is 2.30. The Morgan fingerprint density at radius 3 is 2.62 bits per heavy atom. The lowest BCUT2D eigenvalue weighted by molar-refractivity contribution is 0.628. The van der Waals surface area contributed by atoms with E-state index in [1.165, 1.54) is 18.2 Å². The molecule has 0 bridgehead atoms. The van der Waals surface area contributed by atoms with Gasteiger partial charge < -0.3 is 5.32 Å². The molecule has 0 spiro atoms. The van der Waals surface area contributed by atoms with Crippen LogP contribution in [-0.4, -0.2) is 9.78 Å². The zero-order valence-electron chi connectivity index (χ0n) is 12.9. The number of aryl methyl sites for hydroxylation is 2. The van der Waals surface area contributed by atoms with Gasteiger partial charge in [0.25, 0.3) is 0 Å². The third-order valence-electron chi connectivity index (χ3n) is 3.63. The quantitative estimate of drug-likeness (QED) is 0.586. The van der Waals surface area contributed by atoms with Gasteiger partial charge in [-0.25, -0.2) is 8.78 Å². The number of nitrogens with zero attached hydrogens (tertiary/aromatic N) is 2. The van der Waals surface area contributed by atoms with Crippen LogP contribution in [0.3, 0.4) is 0 Å². The van der Waals surface area contributed by atoms with Crippen molar-refractivity contribution in [3.05, 3.63) is 63.2 Å². The van der Waals surface area contributed by atoms with Crippen LogP contribution in [0.25, 0.3) is 11.1 Å². The predicted octanol–water partition coefficient (Wildman–Crippen LogP) is 5.83. The predicted molar refractivity (Wildman–Crippen MR) is 95.7 cm³/mol. The minimum Gasteiger partial charge on any atom is -0.337 e. The summed E-state index contributed by atoms with van der Waals surface area (Å²) in [6, 6.07) is 8.86. The van der Waals surface area contributed by atoms with Gasteiger partial charge in [-0.3, -0.25) is 4.68 Å². The van der Waals surface area contributed by atoms with E-state index in [9.17, 15) is 8.78 Å². The molecule has 0 saturated carbocycles. The van der Waals surface area contributed by atoms with Crippen molar-refractivity contribution in [3.8, 4) is 11.1 Å². The molecule has 0 atom stereocenters. The zero-order chi connectivity index (χ0) is 17.4. The minimum absolute atomic E-state index is 0.266. The minimum atomic E-state index is -0.420. The van der Waals surface area contributed by atoms with E-state index in [-0.39, 0.29) is 5.02 Å². The first-order chi connectivity index (χ1) is 11.4. The van der Waals surface area contributed by atoms with E-state index < -0.39 is 11.6 Å². The van der Waals surface area contributed by atoms with Gasteiger partial charge in [-0.1, -0.05) is 17.7 Å². The summed E-state index contributed by atoms with van der Waals surface area (Å²) in [4.78, 5) is 0. The van der Waals surface area contributed by atoms with Crippen LogP contribution in [0.5, 0.6) is 0 Å².